The summed E-state index contributed by atoms with van der Waals surface area (Å²) < 4.78 is 2.22. The fourth-order valence-corrected chi connectivity index (χ4v) is 2.19. The van der Waals surface area contributed by atoms with E-state index in [1.54, 1.807) is 0 Å². The van der Waals surface area contributed by atoms with Gasteiger partial charge in [-0.1, -0.05) is 6.92 Å². The molecule has 1 atom stereocenters. The molecular weight excluding hydrogens is 188 g/mol. The number of anilines is 1. The van der Waals surface area contributed by atoms with Gasteiger partial charge in [-0.05, 0) is 19.3 Å². The minimum atomic E-state index is 0.311. The minimum Gasteiger partial charge on any atom is -0.341 e. The van der Waals surface area contributed by atoms with Crippen molar-refractivity contribution in [1.82, 2.24) is 9.55 Å². The van der Waals surface area contributed by atoms with Crippen molar-refractivity contribution in [3.63, 3.8) is 0 Å². The second kappa shape index (κ2) is 4.66. The van der Waals surface area contributed by atoms with Gasteiger partial charge in [0, 0.05) is 38.1 Å². The maximum Gasteiger partial charge on any atom is 0.205 e. The third-order valence-corrected chi connectivity index (χ3v) is 2.90. The Balaban J connectivity index is 2.10. The number of hydrogen-bond donors (Lipinski definition) is 1. The van der Waals surface area contributed by atoms with Gasteiger partial charge in [0.15, 0.2) is 0 Å². The van der Waals surface area contributed by atoms with Gasteiger partial charge in [0.25, 0.3) is 0 Å². The van der Waals surface area contributed by atoms with E-state index in [1.165, 1.54) is 6.42 Å². The van der Waals surface area contributed by atoms with E-state index in [2.05, 4.69) is 27.6 Å². The van der Waals surface area contributed by atoms with Crippen LogP contribution in [-0.4, -0.2) is 28.7 Å². The fourth-order valence-electron chi connectivity index (χ4n) is 2.19. The molecule has 15 heavy (non-hydrogen) atoms. The monoisotopic (exact) mass is 208 g/mol. The highest BCUT2D eigenvalue weighted by molar-refractivity contribution is 5.32. The van der Waals surface area contributed by atoms with Crippen molar-refractivity contribution in [2.45, 2.75) is 38.8 Å². The van der Waals surface area contributed by atoms with Crippen molar-refractivity contribution in [1.29, 1.82) is 0 Å². The molecule has 1 aliphatic rings. The Morgan fingerprint density at radius 1 is 1.60 bits per heavy atom. The highest BCUT2D eigenvalue weighted by Crippen LogP contribution is 2.17. The summed E-state index contributed by atoms with van der Waals surface area (Å²) in [6.07, 6.45) is 7.40. The summed E-state index contributed by atoms with van der Waals surface area (Å²) in [5.74, 6) is 1.09. The van der Waals surface area contributed by atoms with Gasteiger partial charge in [-0.2, -0.15) is 0 Å². The van der Waals surface area contributed by atoms with Crippen molar-refractivity contribution >= 4 is 5.95 Å². The Kier molecular flexibility index (Phi) is 3.26. The van der Waals surface area contributed by atoms with E-state index in [-0.39, 0.29) is 0 Å². The zero-order valence-corrected chi connectivity index (χ0v) is 9.39. The molecule has 2 rings (SSSR count). The molecule has 1 fully saturated rings. The van der Waals surface area contributed by atoms with Crippen LogP contribution in [0.5, 0.6) is 0 Å². The Morgan fingerprint density at radius 2 is 2.47 bits per heavy atom. The van der Waals surface area contributed by atoms with Crippen molar-refractivity contribution in [2.24, 2.45) is 5.73 Å². The summed E-state index contributed by atoms with van der Waals surface area (Å²) in [4.78, 5) is 6.74. The van der Waals surface area contributed by atoms with E-state index < -0.39 is 0 Å². The van der Waals surface area contributed by atoms with Crippen LogP contribution in [0.3, 0.4) is 0 Å². The average Bonchev–Trinajstić information content (AvgIpc) is 2.66. The van der Waals surface area contributed by atoms with Gasteiger partial charge in [-0.15, -0.1) is 0 Å². The Bertz CT molecular complexity index is 307. The molecule has 4 heteroatoms. The lowest BCUT2D eigenvalue weighted by atomic mass is 10.1. The van der Waals surface area contributed by atoms with E-state index in [0.29, 0.717) is 6.04 Å². The molecule has 0 radical (unpaired) electrons. The first kappa shape index (κ1) is 10.5. The topological polar surface area (TPSA) is 47.1 Å². The van der Waals surface area contributed by atoms with Gasteiger partial charge >= 0.3 is 0 Å². The van der Waals surface area contributed by atoms with E-state index in [9.17, 15) is 0 Å². The lowest BCUT2D eigenvalue weighted by Crippen LogP contribution is -2.43. The maximum absolute atomic E-state index is 5.98. The zero-order valence-electron chi connectivity index (χ0n) is 9.39. The van der Waals surface area contributed by atoms with Crippen LogP contribution in [-0.2, 0) is 6.54 Å². The molecule has 1 aromatic rings. The van der Waals surface area contributed by atoms with Crippen LogP contribution in [0.25, 0.3) is 0 Å². The lowest BCUT2D eigenvalue weighted by Gasteiger charge is -2.31. The molecule has 1 saturated heterocycles. The molecule has 1 aromatic heterocycles. The van der Waals surface area contributed by atoms with Crippen LogP contribution in [0.15, 0.2) is 12.4 Å². The SMILES string of the molecule is CCCn1ccnc1N1CCC[C@@H](N)C1. The van der Waals surface area contributed by atoms with Crippen LogP contribution < -0.4 is 10.6 Å². The molecule has 0 bridgehead atoms. The largest absolute Gasteiger partial charge is 0.341 e. The predicted molar refractivity (Wildman–Crippen MR) is 61.9 cm³/mol. The number of nitrogens with two attached hydrogens (primary N) is 1. The summed E-state index contributed by atoms with van der Waals surface area (Å²) in [5, 5.41) is 0. The Hall–Kier alpha value is -1.03. The minimum absolute atomic E-state index is 0.311. The quantitative estimate of drug-likeness (QED) is 0.812. The third kappa shape index (κ3) is 2.31. The number of aryl methyl sites for hydroxylation is 1. The molecular formula is C11H20N4. The second-order valence-corrected chi connectivity index (χ2v) is 4.27. The van der Waals surface area contributed by atoms with Gasteiger partial charge in [0.1, 0.15) is 0 Å². The molecule has 2 heterocycles. The summed E-state index contributed by atoms with van der Waals surface area (Å²) in [6, 6.07) is 0.311. The Morgan fingerprint density at radius 3 is 3.20 bits per heavy atom. The maximum atomic E-state index is 5.98. The van der Waals surface area contributed by atoms with Gasteiger partial charge in [0.2, 0.25) is 5.95 Å². The fraction of sp³-hybridized carbons (Fsp3) is 0.727. The molecule has 0 amide bonds. The van der Waals surface area contributed by atoms with Crippen molar-refractivity contribution in [3.8, 4) is 0 Å². The molecule has 0 unspecified atom stereocenters. The summed E-state index contributed by atoms with van der Waals surface area (Å²) in [5.41, 5.74) is 5.98. The first-order valence-electron chi connectivity index (χ1n) is 5.83. The number of imidazole rings is 1. The van der Waals surface area contributed by atoms with Crippen LogP contribution >= 0.6 is 0 Å². The number of aromatic nitrogens is 2. The third-order valence-electron chi connectivity index (χ3n) is 2.90. The number of hydrogen-bond acceptors (Lipinski definition) is 3. The second-order valence-electron chi connectivity index (χ2n) is 4.27. The molecule has 0 aliphatic carbocycles. The Labute approximate surface area is 91.1 Å². The van der Waals surface area contributed by atoms with E-state index in [0.717, 1.165) is 38.4 Å². The van der Waals surface area contributed by atoms with Gasteiger partial charge in [-0.25, -0.2) is 4.98 Å². The van der Waals surface area contributed by atoms with Crippen molar-refractivity contribution in [3.05, 3.63) is 12.4 Å². The van der Waals surface area contributed by atoms with E-state index in [1.807, 2.05) is 6.20 Å². The first-order chi connectivity index (χ1) is 7.31. The normalized spacial score (nSPS) is 22.0. The van der Waals surface area contributed by atoms with Gasteiger partial charge < -0.3 is 15.2 Å². The van der Waals surface area contributed by atoms with Gasteiger partial charge in [-0.3, -0.25) is 0 Å². The molecule has 84 valence electrons. The molecule has 0 aromatic carbocycles. The number of piperidine rings is 1. The number of rotatable bonds is 3. The van der Waals surface area contributed by atoms with Crippen molar-refractivity contribution in [2.75, 3.05) is 18.0 Å². The standard InChI is InChI=1S/C11H20N4/c1-2-6-14-8-5-13-11(14)15-7-3-4-10(12)9-15/h5,8,10H,2-4,6-7,9,12H2,1H3/t10-/m1/s1. The molecule has 1 aliphatic heterocycles. The summed E-state index contributed by atoms with van der Waals surface area (Å²) in [6.45, 7) is 5.27. The molecule has 4 nitrogen and oxygen atoms in total. The highest BCUT2D eigenvalue weighted by Gasteiger charge is 2.19. The molecule has 2 N–H and O–H groups in total. The van der Waals surface area contributed by atoms with Gasteiger partial charge in [0.05, 0.1) is 0 Å². The summed E-state index contributed by atoms with van der Waals surface area (Å²) in [7, 11) is 0. The van der Waals surface area contributed by atoms with Crippen LogP contribution in [0, 0.1) is 0 Å². The highest BCUT2D eigenvalue weighted by atomic mass is 15.3. The lowest BCUT2D eigenvalue weighted by molar-refractivity contribution is 0.491. The summed E-state index contributed by atoms with van der Waals surface area (Å²) >= 11 is 0. The molecule has 0 spiro atoms. The van der Waals surface area contributed by atoms with Crippen LogP contribution in [0.2, 0.25) is 0 Å². The first-order valence-corrected chi connectivity index (χ1v) is 5.83. The predicted octanol–water partition coefficient (Wildman–Crippen LogP) is 1.22. The van der Waals surface area contributed by atoms with E-state index >= 15 is 0 Å². The van der Waals surface area contributed by atoms with Crippen molar-refractivity contribution < 1.29 is 0 Å². The average molecular weight is 208 g/mol. The zero-order chi connectivity index (χ0) is 10.7. The smallest absolute Gasteiger partial charge is 0.205 e. The van der Waals surface area contributed by atoms with Crippen LogP contribution in [0.1, 0.15) is 26.2 Å². The number of nitrogens with zero attached hydrogens (tertiary/aromatic N) is 3. The van der Waals surface area contributed by atoms with Crippen LogP contribution in [0.4, 0.5) is 5.95 Å². The molecule has 0 saturated carbocycles. The van der Waals surface area contributed by atoms with E-state index in [4.69, 9.17) is 5.73 Å².